The van der Waals surface area contributed by atoms with Crippen LogP contribution < -0.4 is 4.74 Å². The molecule has 1 heterocycles. The van der Waals surface area contributed by atoms with E-state index in [9.17, 15) is 9.90 Å². The number of hydrogen-bond donors (Lipinski definition) is 1. The van der Waals surface area contributed by atoms with Gasteiger partial charge in [-0.25, -0.2) is 0 Å². The number of aromatic hydroxyl groups is 1. The van der Waals surface area contributed by atoms with Gasteiger partial charge in [-0.05, 0) is 63.9 Å². The van der Waals surface area contributed by atoms with Gasteiger partial charge in [-0.1, -0.05) is 26.7 Å². The molecule has 0 radical (unpaired) electrons. The fourth-order valence-electron chi connectivity index (χ4n) is 3.21. The Bertz CT molecular complexity index is 664. The van der Waals surface area contributed by atoms with E-state index in [0.29, 0.717) is 23.6 Å². The average molecular weight is 345 g/mol. The quantitative estimate of drug-likeness (QED) is 0.676. The predicted octanol–water partition coefficient (Wildman–Crippen LogP) is 4.97. The minimum Gasteiger partial charge on any atom is -0.507 e. The molecule has 1 aliphatic heterocycles. The number of ether oxygens (including phenoxy) is 1. The van der Waals surface area contributed by atoms with Gasteiger partial charge in [0.2, 0.25) is 5.78 Å². The maximum Gasteiger partial charge on any atom is 0.232 e. The van der Waals surface area contributed by atoms with Crippen molar-refractivity contribution in [1.82, 2.24) is 4.90 Å². The van der Waals surface area contributed by atoms with Crippen molar-refractivity contribution in [3.05, 3.63) is 34.1 Å². The lowest BCUT2D eigenvalue weighted by molar-refractivity contribution is 0.101. The fourth-order valence-corrected chi connectivity index (χ4v) is 3.21. The normalized spacial score (nSPS) is 13.4. The molecule has 1 N–H and O–H groups in total. The van der Waals surface area contributed by atoms with Crippen LogP contribution in [0.4, 0.5) is 0 Å². The van der Waals surface area contributed by atoms with Crippen LogP contribution in [0.5, 0.6) is 11.5 Å². The third-order valence-electron chi connectivity index (χ3n) is 4.69. The Balaban J connectivity index is 2.39. The van der Waals surface area contributed by atoms with Gasteiger partial charge in [-0.15, -0.1) is 0 Å². The van der Waals surface area contributed by atoms with E-state index in [4.69, 9.17) is 4.74 Å². The van der Waals surface area contributed by atoms with Gasteiger partial charge in [0.05, 0.1) is 11.1 Å². The zero-order valence-corrected chi connectivity index (χ0v) is 16.2. The number of carbonyl (C=O) groups excluding carboxylic acids is 1. The Kier molecular flexibility index (Phi) is 6.65. The molecule has 0 aromatic heterocycles. The highest BCUT2D eigenvalue weighted by Gasteiger charge is 2.34. The summed E-state index contributed by atoms with van der Waals surface area (Å²) in [5.74, 6) is 1.11. The summed E-state index contributed by atoms with van der Waals surface area (Å²) in [4.78, 5) is 15.0. The first kappa shape index (κ1) is 19.5. The number of phenolic OH excluding ortho intramolecular Hbond substituents is 1. The highest BCUT2D eigenvalue weighted by molar-refractivity contribution is 6.14. The smallest absolute Gasteiger partial charge is 0.232 e. The topological polar surface area (TPSA) is 49.8 Å². The molecular formula is C21H31NO3. The fraction of sp³-hybridized carbons (Fsp3) is 0.571. The average Bonchev–Trinajstić information content (AvgIpc) is 2.91. The third kappa shape index (κ3) is 4.24. The van der Waals surface area contributed by atoms with Gasteiger partial charge in [0, 0.05) is 6.54 Å². The van der Waals surface area contributed by atoms with Crippen LogP contribution >= 0.6 is 0 Å². The van der Waals surface area contributed by atoms with Crippen LogP contribution in [-0.2, 0) is 6.54 Å². The molecule has 0 fully saturated rings. The number of hydrogen-bond acceptors (Lipinski definition) is 4. The van der Waals surface area contributed by atoms with Crippen molar-refractivity contribution in [2.45, 2.75) is 66.8 Å². The van der Waals surface area contributed by atoms with Gasteiger partial charge >= 0.3 is 0 Å². The summed E-state index contributed by atoms with van der Waals surface area (Å²) in [5.41, 5.74) is 2.97. The summed E-state index contributed by atoms with van der Waals surface area (Å²) in [6.07, 6.45) is 4.52. The monoisotopic (exact) mass is 345 g/mol. The van der Waals surface area contributed by atoms with E-state index in [0.717, 1.165) is 55.5 Å². The summed E-state index contributed by atoms with van der Waals surface area (Å²) in [6.45, 7) is 12.6. The van der Waals surface area contributed by atoms with Gasteiger partial charge in [-0.2, -0.15) is 0 Å². The molecule has 0 atom stereocenters. The highest BCUT2D eigenvalue weighted by Crippen LogP contribution is 2.42. The van der Waals surface area contributed by atoms with E-state index in [1.165, 1.54) is 0 Å². The van der Waals surface area contributed by atoms with E-state index in [-0.39, 0.29) is 11.5 Å². The molecule has 0 saturated carbocycles. The molecule has 2 rings (SSSR count). The molecule has 0 saturated heterocycles. The second-order valence-electron chi connectivity index (χ2n) is 7.14. The number of fused-ring (bicyclic) bond motifs is 1. The zero-order valence-electron chi connectivity index (χ0n) is 16.2. The SMILES string of the molecule is CCCCN(CCCC)Cc1c(O)cc(C)c2c1OC(=C(C)C)C2=O. The lowest BCUT2D eigenvalue weighted by atomic mass is 9.98. The van der Waals surface area contributed by atoms with E-state index in [1.54, 1.807) is 6.07 Å². The first-order valence-corrected chi connectivity index (χ1v) is 9.38. The largest absolute Gasteiger partial charge is 0.507 e. The van der Waals surface area contributed by atoms with Gasteiger partial charge in [0.25, 0.3) is 0 Å². The summed E-state index contributed by atoms with van der Waals surface area (Å²) >= 11 is 0. The Morgan fingerprint density at radius 2 is 1.76 bits per heavy atom. The molecule has 4 nitrogen and oxygen atoms in total. The number of rotatable bonds is 8. The Morgan fingerprint density at radius 1 is 1.16 bits per heavy atom. The lowest BCUT2D eigenvalue weighted by Gasteiger charge is -2.23. The number of benzene rings is 1. The molecule has 4 heteroatoms. The number of Topliss-reactive ketones (excluding diaryl/α,β-unsaturated/α-hetero) is 1. The van der Waals surface area contributed by atoms with Crippen LogP contribution in [0.25, 0.3) is 0 Å². The van der Waals surface area contributed by atoms with Gasteiger partial charge in [-0.3, -0.25) is 9.69 Å². The third-order valence-corrected chi connectivity index (χ3v) is 4.69. The first-order chi connectivity index (χ1) is 11.9. The minimum atomic E-state index is -0.0672. The predicted molar refractivity (Wildman–Crippen MR) is 101 cm³/mol. The van der Waals surface area contributed by atoms with Gasteiger partial charge in [0.15, 0.2) is 5.76 Å². The van der Waals surface area contributed by atoms with Crippen molar-refractivity contribution >= 4 is 5.78 Å². The Morgan fingerprint density at radius 3 is 2.28 bits per heavy atom. The maximum absolute atomic E-state index is 12.7. The molecule has 1 aliphatic rings. The van der Waals surface area contributed by atoms with E-state index >= 15 is 0 Å². The number of nitrogens with zero attached hydrogens (tertiary/aromatic N) is 1. The zero-order chi connectivity index (χ0) is 18.6. The van der Waals surface area contributed by atoms with Gasteiger partial charge < -0.3 is 9.84 Å². The van der Waals surface area contributed by atoms with E-state index in [1.807, 2.05) is 20.8 Å². The first-order valence-electron chi connectivity index (χ1n) is 9.38. The number of allylic oxidation sites excluding steroid dienone is 2. The number of phenols is 1. The van der Waals surface area contributed by atoms with Crippen molar-refractivity contribution < 1.29 is 14.6 Å². The maximum atomic E-state index is 12.7. The molecular weight excluding hydrogens is 314 g/mol. The molecule has 25 heavy (non-hydrogen) atoms. The van der Waals surface area contributed by atoms with E-state index < -0.39 is 0 Å². The van der Waals surface area contributed by atoms with Crippen molar-refractivity contribution in [2.75, 3.05) is 13.1 Å². The van der Waals surface area contributed by atoms with Crippen LogP contribution in [0.1, 0.15) is 74.9 Å². The van der Waals surface area contributed by atoms with Crippen LogP contribution in [0.15, 0.2) is 17.4 Å². The van der Waals surface area contributed by atoms with E-state index in [2.05, 4.69) is 18.7 Å². The molecule has 1 aromatic carbocycles. The van der Waals surface area contributed by atoms with Crippen molar-refractivity contribution in [1.29, 1.82) is 0 Å². The standard InChI is InChI=1S/C21H31NO3/c1-6-8-10-22(11-9-7-2)13-16-17(23)12-15(5)18-19(24)20(14(3)4)25-21(16)18/h12,23H,6-11,13H2,1-5H3. The molecule has 1 aromatic rings. The summed E-state index contributed by atoms with van der Waals surface area (Å²) in [7, 11) is 0. The second kappa shape index (κ2) is 8.52. The molecule has 0 bridgehead atoms. The molecule has 0 aliphatic carbocycles. The molecule has 0 spiro atoms. The molecule has 0 amide bonds. The minimum absolute atomic E-state index is 0.0672. The molecule has 138 valence electrons. The summed E-state index contributed by atoms with van der Waals surface area (Å²) < 4.78 is 5.93. The van der Waals surface area contributed by atoms with Crippen molar-refractivity contribution in [3.63, 3.8) is 0 Å². The van der Waals surface area contributed by atoms with Crippen molar-refractivity contribution in [2.24, 2.45) is 0 Å². The summed E-state index contributed by atoms with van der Waals surface area (Å²) in [5, 5.41) is 10.5. The number of unbranched alkanes of at least 4 members (excludes halogenated alkanes) is 2. The number of carbonyl (C=O) groups is 1. The Hall–Kier alpha value is -1.81. The Labute approximate surface area is 151 Å². The molecule has 0 unspecified atom stereocenters. The highest BCUT2D eigenvalue weighted by atomic mass is 16.5. The van der Waals surface area contributed by atoms with Crippen LogP contribution in [0, 0.1) is 6.92 Å². The lowest BCUT2D eigenvalue weighted by Crippen LogP contribution is -2.26. The van der Waals surface area contributed by atoms with Crippen molar-refractivity contribution in [3.8, 4) is 11.5 Å². The van der Waals surface area contributed by atoms with Crippen LogP contribution in [0.3, 0.4) is 0 Å². The number of aryl methyl sites for hydroxylation is 1. The van der Waals surface area contributed by atoms with Gasteiger partial charge in [0.1, 0.15) is 11.5 Å². The second-order valence-corrected chi connectivity index (χ2v) is 7.14. The van der Waals surface area contributed by atoms with Crippen LogP contribution in [0.2, 0.25) is 0 Å². The van der Waals surface area contributed by atoms with Crippen LogP contribution in [-0.4, -0.2) is 28.9 Å². The summed E-state index contributed by atoms with van der Waals surface area (Å²) in [6, 6.07) is 1.70. The number of ketones is 1.